The van der Waals surface area contributed by atoms with E-state index in [-0.39, 0.29) is 23.2 Å². The molecule has 1 aromatic rings. The van der Waals surface area contributed by atoms with Crippen LogP contribution in [0.25, 0.3) is 0 Å². The maximum atomic E-state index is 12.8. The van der Waals surface area contributed by atoms with Crippen LogP contribution >= 0.6 is 0 Å². The van der Waals surface area contributed by atoms with Gasteiger partial charge < -0.3 is 20.3 Å². The number of alkyl carbamates (subject to hydrolysis) is 1. The van der Waals surface area contributed by atoms with Crippen LogP contribution in [0.4, 0.5) is 16.2 Å². The number of carbonyl (C=O) groups excluding carboxylic acids is 2. The van der Waals surface area contributed by atoms with Crippen LogP contribution in [0.15, 0.2) is 18.2 Å². The number of hydrogen-bond donors (Lipinski definition) is 2. The summed E-state index contributed by atoms with van der Waals surface area (Å²) in [5.41, 5.74) is -0.0897. The number of likely N-dealkylation sites (tertiary alicyclic amines) is 1. The zero-order chi connectivity index (χ0) is 20.9. The molecule has 9 heteroatoms. The molecule has 2 N–H and O–H groups in total. The zero-order valence-electron chi connectivity index (χ0n) is 16.8. The molecule has 0 bridgehead atoms. The van der Waals surface area contributed by atoms with Crippen LogP contribution in [0.5, 0.6) is 0 Å². The fourth-order valence-electron chi connectivity index (χ4n) is 3.09. The Morgan fingerprint density at radius 2 is 2.07 bits per heavy atom. The number of benzene rings is 1. The van der Waals surface area contributed by atoms with Gasteiger partial charge >= 0.3 is 6.09 Å². The Kier molecular flexibility index (Phi) is 6.82. The second-order valence-electron chi connectivity index (χ2n) is 7.76. The standard InChI is InChI=1S/C19H28N4O5/c1-5-20-15-9-8-13(11-16(15)23(26)27)17(24)22-10-6-7-14(12-22)21-18(25)28-19(2,3)4/h8-9,11,14,20H,5-7,10,12H2,1-4H3,(H,21,25)/t14-/m1/s1. The molecule has 28 heavy (non-hydrogen) atoms. The molecule has 0 spiro atoms. The van der Waals surface area contributed by atoms with Crippen molar-refractivity contribution in [3.05, 3.63) is 33.9 Å². The number of amides is 2. The van der Waals surface area contributed by atoms with Gasteiger partial charge in [-0.05, 0) is 52.7 Å². The van der Waals surface area contributed by atoms with Crippen molar-refractivity contribution < 1.29 is 19.2 Å². The van der Waals surface area contributed by atoms with Gasteiger partial charge in [-0.15, -0.1) is 0 Å². The Bertz CT molecular complexity index is 744. The minimum atomic E-state index is -0.596. The van der Waals surface area contributed by atoms with Gasteiger partial charge in [0.1, 0.15) is 11.3 Å². The van der Waals surface area contributed by atoms with Crippen molar-refractivity contribution in [1.29, 1.82) is 0 Å². The number of nitro benzene ring substituents is 1. The van der Waals surface area contributed by atoms with Crippen LogP contribution in [0, 0.1) is 10.1 Å². The largest absolute Gasteiger partial charge is 0.444 e. The number of carbonyl (C=O) groups is 2. The summed E-state index contributed by atoms with van der Waals surface area (Å²) >= 11 is 0. The number of nitrogens with zero attached hydrogens (tertiary/aromatic N) is 2. The van der Waals surface area contributed by atoms with E-state index in [4.69, 9.17) is 4.74 Å². The fourth-order valence-corrected chi connectivity index (χ4v) is 3.09. The minimum absolute atomic E-state index is 0.131. The quantitative estimate of drug-likeness (QED) is 0.588. The Hall–Kier alpha value is -2.84. The fraction of sp³-hybridized carbons (Fsp3) is 0.579. The Morgan fingerprint density at radius 3 is 2.68 bits per heavy atom. The molecule has 1 saturated heterocycles. The monoisotopic (exact) mass is 392 g/mol. The second-order valence-corrected chi connectivity index (χ2v) is 7.76. The van der Waals surface area contributed by atoms with Crippen molar-refractivity contribution in [3.8, 4) is 0 Å². The van der Waals surface area contributed by atoms with Gasteiger partial charge in [-0.2, -0.15) is 0 Å². The van der Waals surface area contributed by atoms with Gasteiger partial charge in [0.15, 0.2) is 0 Å². The summed E-state index contributed by atoms with van der Waals surface area (Å²) in [6.07, 6.45) is 0.948. The predicted octanol–water partition coefficient (Wildman–Crippen LogP) is 3.16. The van der Waals surface area contributed by atoms with E-state index in [0.717, 1.165) is 12.8 Å². The lowest BCUT2D eigenvalue weighted by Gasteiger charge is -2.33. The van der Waals surface area contributed by atoms with Crippen molar-refractivity contribution in [3.63, 3.8) is 0 Å². The summed E-state index contributed by atoms with van der Waals surface area (Å²) in [6.45, 7) is 8.61. The van der Waals surface area contributed by atoms with Gasteiger partial charge in [0.2, 0.25) is 0 Å². The van der Waals surface area contributed by atoms with Gasteiger partial charge in [-0.3, -0.25) is 14.9 Å². The average Bonchev–Trinajstić information content (AvgIpc) is 2.60. The molecule has 0 saturated carbocycles. The first-order valence-corrected chi connectivity index (χ1v) is 9.42. The number of anilines is 1. The van der Waals surface area contributed by atoms with E-state index in [1.54, 1.807) is 37.8 Å². The normalized spacial score (nSPS) is 17.0. The molecule has 2 rings (SSSR count). The number of nitrogens with one attached hydrogen (secondary N) is 2. The minimum Gasteiger partial charge on any atom is -0.444 e. The molecule has 1 aliphatic heterocycles. The summed E-state index contributed by atoms with van der Waals surface area (Å²) in [4.78, 5) is 37.2. The average molecular weight is 392 g/mol. The van der Waals surface area contributed by atoms with Crippen LogP contribution < -0.4 is 10.6 Å². The zero-order valence-corrected chi connectivity index (χ0v) is 16.8. The van der Waals surface area contributed by atoms with E-state index in [0.29, 0.717) is 25.3 Å². The maximum absolute atomic E-state index is 12.8. The summed E-state index contributed by atoms with van der Waals surface area (Å²) in [5.74, 6) is -0.290. The molecule has 9 nitrogen and oxygen atoms in total. The molecular formula is C19H28N4O5. The number of ether oxygens (including phenoxy) is 1. The first-order chi connectivity index (χ1) is 13.1. The molecule has 0 radical (unpaired) electrons. The second kappa shape index (κ2) is 8.90. The van der Waals surface area contributed by atoms with Crippen LogP contribution in [0.1, 0.15) is 50.9 Å². The highest BCUT2D eigenvalue weighted by Gasteiger charge is 2.28. The Balaban J connectivity index is 2.08. The third-order valence-corrected chi connectivity index (χ3v) is 4.24. The van der Waals surface area contributed by atoms with E-state index in [9.17, 15) is 19.7 Å². The molecule has 1 aromatic carbocycles. The van der Waals surface area contributed by atoms with E-state index >= 15 is 0 Å². The van der Waals surface area contributed by atoms with Crippen molar-refractivity contribution in [2.75, 3.05) is 25.0 Å². The highest BCUT2D eigenvalue weighted by molar-refractivity contribution is 5.96. The lowest BCUT2D eigenvalue weighted by atomic mass is 10.0. The third kappa shape index (κ3) is 5.83. The molecule has 1 atom stereocenters. The summed E-state index contributed by atoms with van der Waals surface area (Å²) in [6, 6.07) is 4.21. The Labute approximate surface area is 164 Å². The van der Waals surface area contributed by atoms with E-state index in [1.165, 1.54) is 6.07 Å². The third-order valence-electron chi connectivity index (χ3n) is 4.24. The molecular weight excluding hydrogens is 364 g/mol. The van der Waals surface area contributed by atoms with Gasteiger partial charge in [0.05, 0.1) is 4.92 Å². The number of hydrogen-bond acceptors (Lipinski definition) is 6. The van der Waals surface area contributed by atoms with Crippen molar-refractivity contribution >= 4 is 23.4 Å². The van der Waals surface area contributed by atoms with E-state index < -0.39 is 16.6 Å². The molecule has 0 aliphatic carbocycles. The first-order valence-electron chi connectivity index (χ1n) is 9.42. The summed E-state index contributed by atoms with van der Waals surface area (Å²) < 4.78 is 5.26. The van der Waals surface area contributed by atoms with Gasteiger partial charge in [-0.25, -0.2) is 4.79 Å². The smallest absolute Gasteiger partial charge is 0.407 e. The van der Waals surface area contributed by atoms with Crippen LogP contribution in [-0.4, -0.2) is 53.1 Å². The summed E-state index contributed by atoms with van der Waals surface area (Å²) in [5, 5.41) is 17.0. The lowest BCUT2D eigenvalue weighted by molar-refractivity contribution is -0.384. The van der Waals surface area contributed by atoms with Crippen molar-refractivity contribution in [1.82, 2.24) is 10.2 Å². The summed E-state index contributed by atoms with van der Waals surface area (Å²) in [7, 11) is 0. The van der Waals surface area contributed by atoms with E-state index in [2.05, 4.69) is 10.6 Å². The molecule has 0 unspecified atom stereocenters. The van der Waals surface area contributed by atoms with Crippen LogP contribution in [-0.2, 0) is 4.74 Å². The molecule has 0 aromatic heterocycles. The first kappa shape index (κ1) is 21.5. The molecule has 1 heterocycles. The van der Waals surface area contributed by atoms with Crippen molar-refractivity contribution in [2.45, 2.75) is 52.2 Å². The topological polar surface area (TPSA) is 114 Å². The van der Waals surface area contributed by atoms with Crippen LogP contribution in [0.2, 0.25) is 0 Å². The highest BCUT2D eigenvalue weighted by atomic mass is 16.6. The molecule has 2 amide bonds. The van der Waals surface area contributed by atoms with Gasteiger partial charge in [0, 0.05) is 37.3 Å². The van der Waals surface area contributed by atoms with Gasteiger partial charge in [-0.1, -0.05) is 0 Å². The number of rotatable bonds is 5. The lowest BCUT2D eigenvalue weighted by Crippen LogP contribution is -2.50. The SMILES string of the molecule is CCNc1ccc(C(=O)N2CCC[C@@H](NC(=O)OC(C)(C)C)C2)cc1[N+](=O)[O-]. The molecule has 154 valence electrons. The Morgan fingerprint density at radius 1 is 1.36 bits per heavy atom. The number of nitro groups is 1. The molecule has 1 aliphatic rings. The highest BCUT2D eigenvalue weighted by Crippen LogP contribution is 2.26. The van der Waals surface area contributed by atoms with Crippen molar-refractivity contribution in [2.24, 2.45) is 0 Å². The maximum Gasteiger partial charge on any atom is 0.407 e. The number of piperidine rings is 1. The van der Waals surface area contributed by atoms with Gasteiger partial charge in [0.25, 0.3) is 11.6 Å². The molecule has 1 fully saturated rings. The van der Waals surface area contributed by atoms with Crippen LogP contribution in [0.3, 0.4) is 0 Å². The predicted molar refractivity (Wildman–Crippen MR) is 106 cm³/mol. The van der Waals surface area contributed by atoms with E-state index in [1.807, 2.05) is 6.92 Å².